The molecule has 9 nitrogen and oxygen atoms in total. The minimum absolute atomic E-state index is 0.0248. The van der Waals surface area contributed by atoms with Crippen LogP contribution in [-0.2, 0) is 26.1 Å². The lowest BCUT2D eigenvalue weighted by Crippen LogP contribution is -2.59. The van der Waals surface area contributed by atoms with Crippen molar-refractivity contribution in [3.8, 4) is 0 Å². The number of para-hydroxylation sites is 1. The molecule has 3 rings (SSSR count). The van der Waals surface area contributed by atoms with Crippen molar-refractivity contribution in [1.82, 2.24) is 9.21 Å². The second-order valence-electron chi connectivity index (χ2n) is 8.61. The molecular formula is C22H27N3O6S. The molecule has 1 amide bonds. The lowest BCUT2D eigenvalue weighted by Gasteiger charge is -2.41. The molecule has 1 aliphatic heterocycles. The van der Waals surface area contributed by atoms with E-state index < -0.39 is 43.7 Å². The van der Waals surface area contributed by atoms with Crippen molar-refractivity contribution in [1.29, 1.82) is 0 Å². The summed E-state index contributed by atoms with van der Waals surface area (Å²) < 4.78 is 33.5. The van der Waals surface area contributed by atoms with Gasteiger partial charge in [-0.15, -0.1) is 0 Å². The van der Waals surface area contributed by atoms with Crippen LogP contribution in [0.15, 0.2) is 59.5 Å². The maximum absolute atomic E-state index is 13.3. The quantitative estimate of drug-likeness (QED) is 0.463. The third-order valence-corrected chi connectivity index (χ3v) is 6.93. The van der Waals surface area contributed by atoms with Crippen LogP contribution in [0.1, 0.15) is 26.3 Å². The van der Waals surface area contributed by atoms with Gasteiger partial charge in [0.05, 0.1) is 29.7 Å². The smallest absolute Gasteiger partial charge is 0.289 e. The highest BCUT2D eigenvalue weighted by molar-refractivity contribution is 7.89. The maximum Gasteiger partial charge on any atom is 0.289 e. The number of nitro benzene ring substituents is 1. The number of benzene rings is 2. The van der Waals surface area contributed by atoms with Crippen molar-refractivity contribution >= 4 is 21.6 Å². The maximum atomic E-state index is 13.3. The van der Waals surface area contributed by atoms with E-state index in [4.69, 9.17) is 4.74 Å². The van der Waals surface area contributed by atoms with Crippen LogP contribution in [0.4, 0.5) is 5.69 Å². The van der Waals surface area contributed by atoms with Crippen molar-refractivity contribution in [2.75, 3.05) is 19.7 Å². The molecule has 0 aromatic heterocycles. The van der Waals surface area contributed by atoms with Gasteiger partial charge in [-0.2, -0.15) is 4.31 Å². The first-order valence-electron chi connectivity index (χ1n) is 10.2. The third-order valence-electron chi connectivity index (χ3n) is 5.07. The van der Waals surface area contributed by atoms with Crippen LogP contribution < -0.4 is 0 Å². The summed E-state index contributed by atoms with van der Waals surface area (Å²) in [6.07, 6.45) is 0. The Morgan fingerprint density at radius 3 is 2.34 bits per heavy atom. The van der Waals surface area contributed by atoms with Crippen LogP contribution >= 0.6 is 0 Å². The van der Waals surface area contributed by atoms with E-state index in [9.17, 15) is 23.3 Å². The Morgan fingerprint density at radius 1 is 1.09 bits per heavy atom. The summed E-state index contributed by atoms with van der Waals surface area (Å²) >= 11 is 0. The van der Waals surface area contributed by atoms with Crippen LogP contribution in [-0.4, -0.2) is 59.8 Å². The molecule has 1 heterocycles. The number of amides is 1. The van der Waals surface area contributed by atoms with Gasteiger partial charge in [-0.3, -0.25) is 14.9 Å². The predicted octanol–water partition coefficient (Wildman–Crippen LogP) is 2.81. The molecule has 0 aliphatic carbocycles. The standard InChI is InChI=1S/C22H27N3O6S/c1-22(2,3)31-16-18-14-23(15-21(26)24(18)13-17-9-5-4-6-10-17)32(29,30)20-12-8-7-11-19(20)25(27)28/h4-12,18H,13-16H2,1-3H3/t18-/m1/s1. The number of rotatable bonds is 7. The zero-order chi connectivity index (χ0) is 23.5. The number of sulfonamides is 1. The summed E-state index contributed by atoms with van der Waals surface area (Å²) in [5.41, 5.74) is -0.0911. The Morgan fingerprint density at radius 2 is 1.72 bits per heavy atom. The lowest BCUT2D eigenvalue weighted by atomic mass is 10.1. The van der Waals surface area contributed by atoms with Crippen molar-refractivity contribution in [3.63, 3.8) is 0 Å². The summed E-state index contributed by atoms with van der Waals surface area (Å²) in [6, 6.07) is 14.0. The average Bonchev–Trinajstić information content (AvgIpc) is 2.74. The highest BCUT2D eigenvalue weighted by Gasteiger charge is 2.41. The van der Waals surface area contributed by atoms with E-state index in [1.54, 1.807) is 4.90 Å². The number of piperazine rings is 1. The van der Waals surface area contributed by atoms with Crippen molar-refractivity contribution in [2.24, 2.45) is 0 Å². The van der Waals surface area contributed by atoms with Gasteiger partial charge in [0.15, 0.2) is 4.90 Å². The summed E-state index contributed by atoms with van der Waals surface area (Å²) in [7, 11) is -4.26. The van der Waals surface area contributed by atoms with Crippen molar-refractivity contribution < 1.29 is 22.9 Å². The average molecular weight is 462 g/mol. The summed E-state index contributed by atoms with van der Waals surface area (Å²) in [5.74, 6) is -0.384. The van der Waals surface area contributed by atoms with Crippen LogP contribution in [0.3, 0.4) is 0 Å². The van der Waals surface area contributed by atoms with E-state index in [-0.39, 0.29) is 19.1 Å². The van der Waals surface area contributed by atoms with Crippen LogP contribution in [0.5, 0.6) is 0 Å². The van der Waals surface area contributed by atoms with Gasteiger partial charge in [0.2, 0.25) is 15.9 Å². The second kappa shape index (κ2) is 9.35. The van der Waals surface area contributed by atoms with Gasteiger partial charge in [0.1, 0.15) is 0 Å². The van der Waals surface area contributed by atoms with Gasteiger partial charge < -0.3 is 9.64 Å². The van der Waals surface area contributed by atoms with Gasteiger partial charge in [-0.1, -0.05) is 42.5 Å². The van der Waals surface area contributed by atoms with Crippen molar-refractivity contribution in [3.05, 3.63) is 70.3 Å². The molecule has 2 aromatic carbocycles. The molecule has 1 atom stereocenters. The molecule has 2 aromatic rings. The molecule has 1 saturated heterocycles. The zero-order valence-corrected chi connectivity index (χ0v) is 19.1. The summed E-state index contributed by atoms with van der Waals surface area (Å²) in [4.78, 5) is 24.9. The zero-order valence-electron chi connectivity index (χ0n) is 18.3. The lowest BCUT2D eigenvalue weighted by molar-refractivity contribution is -0.387. The Labute approximate surface area is 187 Å². The molecule has 0 bridgehead atoms. The Balaban J connectivity index is 1.92. The SMILES string of the molecule is CC(C)(C)OC[C@H]1CN(S(=O)(=O)c2ccccc2[N+](=O)[O-])CC(=O)N1Cc1ccccc1. The highest BCUT2D eigenvalue weighted by Crippen LogP contribution is 2.29. The molecule has 10 heteroatoms. The first kappa shape index (κ1) is 23.8. The van der Waals surface area contributed by atoms with Crippen LogP contribution in [0.2, 0.25) is 0 Å². The number of nitrogens with zero attached hydrogens (tertiary/aromatic N) is 3. The summed E-state index contributed by atoms with van der Waals surface area (Å²) in [6.45, 7) is 5.65. The molecule has 1 fully saturated rings. The monoisotopic (exact) mass is 461 g/mol. The number of carbonyl (C=O) groups excluding carboxylic acids is 1. The second-order valence-corrected chi connectivity index (χ2v) is 10.5. The van der Waals surface area contributed by atoms with Crippen molar-refractivity contribution in [2.45, 2.75) is 43.9 Å². The van der Waals surface area contributed by atoms with Gasteiger partial charge >= 0.3 is 0 Å². The summed E-state index contributed by atoms with van der Waals surface area (Å²) in [5, 5.41) is 11.4. The van der Waals surface area contributed by atoms with Crippen LogP contribution in [0, 0.1) is 10.1 Å². The number of ether oxygens (including phenoxy) is 1. The first-order chi connectivity index (χ1) is 15.0. The molecule has 0 N–H and O–H groups in total. The van der Waals surface area contributed by atoms with E-state index in [2.05, 4.69) is 0 Å². The molecule has 0 spiro atoms. The van der Waals surface area contributed by atoms with E-state index in [0.717, 1.165) is 15.9 Å². The molecule has 1 aliphatic rings. The molecule has 32 heavy (non-hydrogen) atoms. The number of carbonyl (C=O) groups is 1. The topological polar surface area (TPSA) is 110 Å². The molecule has 172 valence electrons. The van der Waals surface area contributed by atoms with Gasteiger partial charge in [-0.05, 0) is 32.4 Å². The Kier molecular flexibility index (Phi) is 6.97. The van der Waals surface area contributed by atoms with Gasteiger partial charge in [0.25, 0.3) is 5.69 Å². The van der Waals surface area contributed by atoms with Gasteiger partial charge in [0, 0.05) is 19.2 Å². The highest BCUT2D eigenvalue weighted by atomic mass is 32.2. The molecule has 0 unspecified atom stereocenters. The minimum Gasteiger partial charge on any atom is -0.374 e. The normalized spacial score (nSPS) is 18.0. The molecule has 0 saturated carbocycles. The third kappa shape index (κ3) is 5.50. The molecular weight excluding hydrogens is 434 g/mol. The molecule has 0 radical (unpaired) electrons. The predicted molar refractivity (Wildman–Crippen MR) is 118 cm³/mol. The van der Waals surface area contributed by atoms with E-state index in [1.807, 2.05) is 51.1 Å². The fourth-order valence-corrected chi connectivity index (χ4v) is 5.06. The number of hydrogen-bond acceptors (Lipinski definition) is 6. The van der Waals surface area contributed by atoms with E-state index >= 15 is 0 Å². The number of nitro groups is 1. The van der Waals surface area contributed by atoms with E-state index in [0.29, 0.717) is 6.54 Å². The largest absolute Gasteiger partial charge is 0.374 e. The van der Waals surface area contributed by atoms with Gasteiger partial charge in [-0.25, -0.2) is 8.42 Å². The number of hydrogen-bond donors (Lipinski definition) is 0. The van der Waals surface area contributed by atoms with E-state index in [1.165, 1.54) is 18.2 Å². The minimum atomic E-state index is -4.26. The Bertz CT molecular complexity index is 1080. The first-order valence-corrected chi connectivity index (χ1v) is 11.6. The van der Waals surface area contributed by atoms with Crippen LogP contribution in [0.25, 0.3) is 0 Å². The fourth-order valence-electron chi connectivity index (χ4n) is 3.48. The fraction of sp³-hybridized carbons (Fsp3) is 0.409. The Hall–Kier alpha value is -2.82.